The van der Waals surface area contributed by atoms with E-state index in [-0.39, 0.29) is 17.7 Å². The number of benzene rings is 1. The van der Waals surface area contributed by atoms with Gasteiger partial charge in [0.15, 0.2) is 12.0 Å². The number of nitro groups is 1. The highest BCUT2D eigenvalue weighted by atomic mass is 79.9. The third kappa shape index (κ3) is 3.81. The molecule has 0 spiro atoms. The molecule has 1 aliphatic rings. The van der Waals surface area contributed by atoms with E-state index in [4.69, 9.17) is 19.9 Å². The average Bonchev–Trinajstić information content (AvgIpc) is 2.91. The summed E-state index contributed by atoms with van der Waals surface area (Å²) in [5.74, 6) is 0.305. The Morgan fingerprint density at radius 1 is 1.45 bits per heavy atom. The summed E-state index contributed by atoms with van der Waals surface area (Å²) in [6.07, 6.45) is 1.26. The number of nitrogen functional groups attached to an aromatic ring is 1. The van der Waals surface area contributed by atoms with E-state index in [0.717, 1.165) is 6.42 Å². The second-order valence-electron chi connectivity index (χ2n) is 4.26. The van der Waals surface area contributed by atoms with E-state index < -0.39 is 4.92 Å². The SMILES string of the molecule is Nc1c(OCCCC2OCCO2)cc(Br)cc1[N+](=O)[O-]. The van der Waals surface area contributed by atoms with Gasteiger partial charge < -0.3 is 19.9 Å². The Morgan fingerprint density at radius 3 is 2.80 bits per heavy atom. The quantitative estimate of drug-likeness (QED) is 0.367. The first-order valence-electron chi connectivity index (χ1n) is 6.17. The lowest BCUT2D eigenvalue weighted by Gasteiger charge is -2.11. The number of hydrogen-bond acceptors (Lipinski definition) is 6. The zero-order valence-corrected chi connectivity index (χ0v) is 12.3. The fraction of sp³-hybridized carbons (Fsp3) is 0.500. The van der Waals surface area contributed by atoms with Crippen molar-refractivity contribution >= 4 is 27.3 Å². The van der Waals surface area contributed by atoms with Crippen molar-refractivity contribution < 1.29 is 19.1 Å². The van der Waals surface area contributed by atoms with Gasteiger partial charge in [-0.3, -0.25) is 10.1 Å². The van der Waals surface area contributed by atoms with Gasteiger partial charge in [-0.1, -0.05) is 15.9 Å². The van der Waals surface area contributed by atoms with E-state index in [1.54, 1.807) is 6.07 Å². The molecule has 20 heavy (non-hydrogen) atoms. The molecule has 2 rings (SSSR count). The maximum atomic E-state index is 10.8. The van der Waals surface area contributed by atoms with Gasteiger partial charge in [0, 0.05) is 17.0 Å². The second kappa shape index (κ2) is 6.87. The lowest BCUT2D eigenvalue weighted by atomic mass is 10.2. The second-order valence-corrected chi connectivity index (χ2v) is 5.17. The topological polar surface area (TPSA) is 96.9 Å². The van der Waals surface area contributed by atoms with Crippen molar-refractivity contribution in [2.45, 2.75) is 19.1 Å². The van der Waals surface area contributed by atoms with Gasteiger partial charge in [-0.05, 0) is 12.5 Å². The standard InChI is InChI=1S/C12H15BrN2O5/c13-8-6-9(15(16)17)12(14)10(7-8)18-3-1-2-11-19-4-5-20-11/h6-7,11H,1-5,14H2. The van der Waals surface area contributed by atoms with Crippen molar-refractivity contribution in [2.75, 3.05) is 25.6 Å². The fourth-order valence-electron chi connectivity index (χ4n) is 1.86. The maximum absolute atomic E-state index is 10.8. The lowest BCUT2D eigenvalue weighted by molar-refractivity contribution is -0.384. The Balaban J connectivity index is 1.90. The molecular weight excluding hydrogens is 332 g/mol. The van der Waals surface area contributed by atoms with Gasteiger partial charge in [-0.25, -0.2) is 0 Å². The first kappa shape index (κ1) is 15.0. The van der Waals surface area contributed by atoms with Crippen molar-refractivity contribution in [3.8, 4) is 5.75 Å². The van der Waals surface area contributed by atoms with Crippen LogP contribution in [-0.2, 0) is 9.47 Å². The van der Waals surface area contributed by atoms with Crippen LogP contribution in [0.5, 0.6) is 5.75 Å². The molecule has 0 amide bonds. The molecule has 1 aromatic carbocycles. The molecule has 2 N–H and O–H groups in total. The van der Waals surface area contributed by atoms with Crippen molar-refractivity contribution in [3.63, 3.8) is 0 Å². The van der Waals surface area contributed by atoms with E-state index >= 15 is 0 Å². The van der Waals surface area contributed by atoms with Crippen LogP contribution < -0.4 is 10.5 Å². The van der Waals surface area contributed by atoms with Gasteiger partial charge in [-0.15, -0.1) is 0 Å². The Labute approximate surface area is 124 Å². The zero-order valence-electron chi connectivity index (χ0n) is 10.7. The molecule has 0 unspecified atom stereocenters. The minimum Gasteiger partial charge on any atom is -0.491 e. The summed E-state index contributed by atoms with van der Waals surface area (Å²) in [6.45, 7) is 1.63. The number of nitro benzene ring substituents is 1. The Hall–Kier alpha value is -1.38. The summed E-state index contributed by atoms with van der Waals surface area (Å²) in [5, 5.41) is 10.8. The van der Waals surface area contributed by atoms with Crippen LogP contribution in [0.4, 0.5) is 11.4 Å². The summed E-state index contributed by atoms with van der Waals surface area (Å²) >= 11 is 3.20. The van der Waals surface area contributed by atoms with E-state index in [9.17, 15) is 10.1 Å². The number of ether oxygens (including phenoxy) is 3. The van der Waals surface area contributed by atoms with Crippen LogP contribution >= 0.6 is 15.9 Å². The summed E-state index contributed by atoms with van der Waals surface area (Å²) in [7, 11) is 0. The van der Waals surface area contributed by atoms with Crippen LogP contribution in [0.3, 0.4) is 0 Å². The lowest BCUT2D eigenvalue weighted by Crippen LogP contribution is -2.10. The minimum absolute atomic E-state index is 0.0339. The van der Waals surface area contributed by atoms with Gasteiger partial charge in [0.2, 0.25) is 0 Å². The van der Waals surface area contributed by atoms with Crippen LogP contribution in [0.15, 0.2) is 16.6 Å². The summed E-state index contributed by atoms with van der Waals surface area (Å²) in [4.78, 5) is 10.3. The number of nitrogens with zero attached hydrogens (tertiary/aromatic N) is 1. The number of halogens is 1. The minimum atomic E-state index is -0.535. The maximum Gasteiger partial charge on any atom is 0.297 e. The Morgan fingerprint density at radius 2 is 2.15 bits per heavy atom. The van der Waals surface area contributed by atoms with Crippen LogP contribution in [0.25, 0.3) is 0 Å². The summed E-state index contributed by atoms with van der Waals surface area (Å²) in [5.41, 5.74) is 5.58. The van der Waals surface area contributed by atoms with Crippen molar-refractivity contribution in [3.05, 3.63) is 26.7 Å². The Bertz CT molecular complexity index is 491. The highest BCUT2D eigenvalue weighted by molar-refractivity contribution is 9.10. The van der Waals surface area contributed by atoms with Crippen LogP contribution in [0, 0.1) is 10.1 Å². The van der Waals surface area contributed by atoms with E-state index in [2.05, 4.69) is 15.9 Å². The molecule has 8 heteroatoms. The molecule has 1 aromatic rings. The molecule has 0 saturated carbocycles. The molecule has 1 heterocycles. The number of anilines is 1. The molecule has 0 bridgehead atoms. The van der Waals surface area contributed by atoms with Crippen molar-refractivity contribution in [1.82, 2.24) is 0 Å². The van der Waals surface area contributed by atoms with Gasteiger partial charge >= 0.3 is 0 Å². The van der Waals surface area contributed by atoms with Crippen LogP contribution in [0.2, 0.25) is 0 Å². The van der Waals surface area contributed by atoms with Crippen LogP contribution in [-0.4, -0.2) is 31.0 Å². The number of hydrogen-bond donors (Lipinski definition) is 1. The molecule has 1 aliphatic heterocycles. The Kier molecular flexibility index (Phi) is 5.16. The van der Waals surface area contributed by atoms with E-state index in [1.807, 2.05) is 0 Å². The van der Waals surface area contributed by atoms with E-state index in [1.165, 1.54) is 6.07 Å². The van der Waals surface area contributed by atoms with Gasteiger partial charge in [0.1, 0.15) is 5.75 Å². The predicted octanol–water partition coefficient (Wildman–Crippen LogP) is 2.47. The molecule has 7 nitrogen and oxygen atoms in total. The molecule has 0 atom stereocenters. The van der Waals surface area contributed by atoms with Crippen LogP contribution in [0.1, 0.15) is 12.8 Å². The molecule has 110 valence electrons. The van der Waals surface area contributed by atoms with Gasteiger partial charge in [0.25, 0.3) is 5.69 Å². The predicted molar refractivity (Wildman–Crippen MR) is 75.6 cm³/mol. The fourth-order valence-corrected chi connectivity index (χ4v) is 2.28. The largest absolute Gasteiger partial charge is 0.491 e. The van der Waals surface area contributed by atoms with Gasteiger partial charge in [0.05, 0.1) is 24.7 Å². The monoisotopic (exact) mass is 346 g/mol. The molecule has 0 aromatic heterocycles. The molecule has 1 fully saturated rings. The highest BCUT2D eigenvalue weighted by Crippen LogP contribution is 2.35. The molecule has 0 radical (unpaired) electrons. The third-order valence-corrected chi connectivity index (χ3v) is 3.27. The number of nitrogens with two attached hydrogens (primary N) is 1. The average molecular weight is 347 g/mol. The zero-order chi connectivity index (χ0) is 14.5. The van der Waals surface area contributed by atoms with Gasteiger partial charge in [-0.2, -0.15) is 0 Å². The van der Waals surface area contributed by atoms with Crippen molar-refractivity contribution in [1.29, 1.82) is 0 Å². The highest BCUT2D eigenvalue weighted by Gasteiger charge is 2.18. The first-order chi connectivity index (χ1) is 9.58. The third-order valence-electron chi connectivity index (χ3n) is 2.81. The van der Waals surface area contributed by atoms with Crippen molar-refractivity contribution in [2.24, 2.45) is 0 Å². The first-order valence-corrected chi connectivity index (χ1v) is 6.96. The number of rotatable bonds is 6. The summed E-state index contributed by atoms with van der Waals surface area (Å²) in [6, 6.07) is 2.97. The van der Waals surface area contributed by atoms with E-state index in [0.29, 0.717) is 36.5 Å². The molecular formula is C12H15BrN2O5. The summed E-state index contributed by atoms with van der Waals surface area (Å²) < 4.78 is 16.6. The molecule has 0 aliphatic carbocycles. The smallest absolute Gasteiger partial charge is 0.297 e. The molecule has 1 saturated heterocycles. The normalized spacial score (nSPS) is 15.4.